The number of benzene rings is 1. The second-order valence-corrected chi connectivity index (χ2v) is 11.2. The average Bonchev–Trinajstić information content (AvgIpc) is 3.40. The molecule has 31 heavy (non-hydrogen) atoms. The lowest BCUT2D eigenvalue weighted by Gasteiger charge is -2.34. The van der Waals surface area contributed by atoms with Crippen molar-refractivity contribution in [1.82, 2.24) is 10.2 Å². The van der Waals surface area contributed by atoms with E-state index in [4.69, 9.17) is 4.74 Å². The molecule has 0 spiro atoms. The largest absolute Gasteiger partial charge is 0.379 e. The summed E-state index contributed by atoms with van der Waals surface area (Å²) in [7, 11) is -3.40. The minimum Gasteiger partial charge on any atom is -0.379 e. The predicted molar refractivity (Wildman–Crippen MR) is 123 cm³/mol. The number of thiophene rings is 1. The lowest BCUT2D eigenvalue weighted by molar-refractivity contribution is 0.0169. The Hall–Kier alpha value is -1.92. The van der Waals surface area contributed by atoms with Gasteiger partial charge in [0.1, 0.15) is 0 Å². The van der Waals surface area contributed by atoms with Crippen LogP contribution in [0.15, 0.2) is 45.0 Å². The molecule has 3 aliphatic rings. The molecule has 1 aromatic carbocycles. The molecule has 11 heteroatoms. The molecule has 2 aromatic rings. The van der Waals surface area contributed by atoms with E-state index in [2.05, 4.69) is 26.1 Å². The Balaban J connectivity index is 1.30. The van der Waals surface area contributed by atoms with Gasteiger partial charge in [-0.15, -0.1) is 15.7 Å². The third-order valence-corrected chi connectivity index (χ3v) is 8.83. The van der Waals surface area contributed by atoms with Crippen LogP contribution in [-0.4, -0.2) is 69.5 Å². The van der Waals surface area contributed by atoms with Crippen molar-refractivity contribution >= 4 is 49.9 Å². The van der Waals surface area contributed by atoms with E-state index in [0.29, 0.717) is 37.0 Å². The van der Waals surface area contributed by atoms with Crippen LogP contribution in [0.25, 0.3) is 0 Å². The van der Waals surface area contributed by atoms with Gasteiger partial charge in [0.25, 0.3) is 15.9 Å². The summed E-state index contributed by atoms with van der Waals surface area (Å²) in [5.41, 5.74) is 1.46. The third-order valence-electron chi connectivity index (χ3n) is 5.55. The zero-order chi connectivity index (χ0) is 21.4. The molecule has 0 aliphatic carbocycles. The molecule has 1 fully saturated rings. The fourth-order valence-electron chi connectivity index (χ4n) is 3.94. The maximum absolute atomic E-state index is 12.9. The van der Waals surface area contributed by atoms with Gasteiger partial charge in [-0.05, 0) is 41.4 Å². The van der Waals surface area contributed by atoms with Crippen molar-refractivity contribution in [3.05, 3.63) is 46.2 Å². The van der Waals surface area contributed by atoms with Gasteiger partial charge in [0.2, 0.25) is 0 Å². The molecule has 164 valence electrons. The first-order chi connectivity index (χ1) is 15.0. The van der Waals surface area contributed by atoms with E-state index < -0.39 is 10.0 Å². The zero-order valence-electron chi connectivity index (χ0n) is 16.7. The van der Waals surface area contributed by atoms with Gasteiger partial charge in [-0.25, -0.2) is 8.42 Å². The molecule has 5 rings (SSSR count). The second kappa shape index (κ2) is 8.55. The Bertz CT molecular complexity index is 1110. The standard InChI is InChI=1S/C20H22N4O4S3/c25-19(21-13-16(17-2-1-10-29-17)23-5-8-28-9-6-23)14-3-4-15-18(12-14)30-20-22-31(26,27)11-7-24(15)20/h1-4,10,12,16H,5-9,11,13H2,(H,21,25). The van der Waals surface area contributed by atoms with Crippen molar-refractivity contribution in [2.75, 3.05) is 50.0 Å². The Kier molecular flexibility index (Phi) is 5.78. The molecule has 1 amide bonds. The first-order valence-electron chi connectivity index (χ1n) is 10.1. The molecular formula is C20H22N4O4S3. The highest BCUT2D eigenvalue weighted by Crippen LogP contribution is 2.42. The first kappa shape index (κ1) is 21.0. The number of nitrogens with zero attached hydrogens (tertiary/aromatic N) is 3. The van der Waals surface area contributed by atoms with E-state index >= 15 is 0 Å². The van der Waals surface area contributed by atoms with Gasteiger partial charge in [0, 0.05) is 41.5 Å². The van der Waals surface area contributed by atoms with Crippen LogP contribution in [0.1, 0.15) is 21.3 Å². The van der Waals surface area contributed by atoms with Crippen molar-refractivity contribution in [2.45, 2.75) is 10.9 Å². The summed E-state index contributed by atoms with van der Waals surface area (Å²) >= 11 is 2.99. The Morgan fingerprint density at radius 2 is 2.06 bits per heavy atom. The fraction of sp³-hybridized carbons (Fsp3) is 0.400. The van der Waals surface area contributed by atoms with E-state index in [1.165, 1.54) is 16.6 Å². The van der Waals surface area contributed by atoms with Crippen LogP contribution in [0.2, 0.25) is 0 Å². The summed E-state index contributed by atoms with van der Waals surface area (Å²) < 4.78 is 32.9. The number of nitrogens with one attached hydrogen (secondary N) is 1. The number of hydrogen-bond donors (Lipinski definition) is 1. The highest BCUT2D eigenvalue weighted by Gasteiger charge is 2.33. The van der Waals surface area contributed by atoms with E-state index in [-0.39, 0.29) is 17.7 Å². The number of morpholine rings is 1. The van der Waals surface area contributed by atoms with Crippen LogP contribution in [0.4, 0.5) is 5.69 Å². The monoisotopic (exact) mass is 478 g/mol. The van der Waals surface area contributed by atoms with Crippen molar-refractivity contribution in [1.29, 1.82) is 0 Å². The van der Waals surface area contributed by atoms with Gasteiger partial charge in [-0.3, -0.25) is 9.69 Å². The number of sulfonamides is 1. The van der Waals surface area contributed by atoms with Crippen LogP contribution in [0, 0.1) is 0 Å². The van der Waals surface area contributed by atoms with Gasteiger partial charge >= 0.3 is 0 Å². The highest BCUT2D eigenvalue weighted by atomic mass is 32.2. The van der Waals surface area contributed by atoms with Crippen molar-refractivity contribution < 1.29 is 17.9 Å². The predicted octanol–water partition coefficient (Wildman–Crippen LogP) is 2.16. The number of carbonyl (C=O) groups excluding carboxylic acids is 1. The average molecular weight is 479 g/mol. The summed E-state index contributed by atoms with van der Waals surface area (Å²) in [5, 5.41) is 5.61. The quantitative estimate of drug-likeness (QED) is 0.704. The molecule has 1 aromatic heterocycles. The molecule has 8 nitrogen and oxygen atoms in total. The topological polar surface area (TPSA) is 91.3 Å². The zero-order valence-corrected chi connectivity index (χ0v) is 19.1. The molecule has 0 saturated carbocycles. The SMILES string of the molecule is O=C(NCC(c1cccs1)N1CCOCC1)c1ccc2c(c1)SC1=NS(=O)(=O)CCN12. The van der Waals surface area contributed by atoms with Crippen LogP contribution >= 0.6 is 23.1 Å². The van der Waals surface area contributed by atoms with Crippen LogP contribution in [0.5, 0.6) is 0 Å². The summed E-state index contributed by atoms with van der Waals surface area (Å²) in [5.74, 6) is -0.137. The molecular weight excluding hydrogens is 456 g/mol. The van der Waals surface area contributed by atoms with Crippen LogP contribution < -0.4 is 10.2 Å². The molecule has 1 saturated heterocycles. The summed E-state index contributed by atoms with van der Waals surface area (Å²) in [6, 6.07) is 9.73. The Morgan fingerprint density at radius 3 is 2.84 bits per heavy atom. The number of ether oxygens (including phenoxy) is 1. The first-order valence-corrected chi connectivity index (χ1v) is 13.4. The van der Waals surface area contributed by atoms with Gasteiger partial charge in [-0.1, -0.05) is 6.07 Å². The molecule has 1 N–H and O–H groups in total. The molecule has 0 bridgehead atoms. The molecule has 1 atom stereocenters. The highest BCUT2D eigenvalue weighted by molar-refractivity contribution is 8.15. The maximum Gasteiger partial charge on any atom is 0.257 e. The molecule has 4 heterocycles. The number of thioether (sulfide) groups is 1. The van der Waals surface area contributed by atoms with Crippen molar-refractivity contribution in [2.24, 2.45) is 4.40 Å². The number of rotatable bonds is 5. The lowest BCUT2D eigenvalue weighted by atomic mass is 10.1. The normalized spacial score (nSPS) is 21.2. The molecule has 1 unspecified atom stereocenters. The number of carbonyl (C=O) groups is 1. The third kappa shape index (κ3) is 4.37. The number of hydrogen-bond acceptors (Lipinski definition) is 8. The van der Waals surface area contributed by atoms with E-state index in [9.17, 15) is 13.2 Å². The van der Waals surface area contributed by atoms with Crippen LogP contribution in [0.3, 0.4) is 0 Å². The number of amides is 1. The maximum atomic E-state index is 12.9. The summed E-state index contributed by atoms with van der Waals surface area (Å²) in [6.07, 6.45) is 0. The van der Waals surface area contributed by atoms with Gasteiger partial charge in [0.15, 0.2) is 5.17 Å². The summed E-state index contributed by atoms with van der Waals surface area (Å²) in [6.45, 7) is 3.99. The number of amidine groups is 1. The van der Waals surface area contributed by atoms with Crippen molar-refractivity contribution in [3.8, 4) is 0 Å². The minimum atomic E-state index is -3.40. The smallest absolute Gasteiger partial charge is 0.257 e. The fourth-order valence-corrected chi connectivity index (χ4v) is 7.10. The molecule has 3 aliphatic heterocycles. The number of anilines is 1. The lowest BCUT2D eigenvalue weighted by Crippen LogP contribution is -2.43. The van der Waals surface area contributed by atoms with Gasteiger partial charge in [0.05, 0.1) is 30.7 Å². The summed E-state index contributed by atoms with van der Waals surface area (Å²) in [4.78, 5) is 19.2. The molecule has 0 radical (unpaired) electrons. The van der Waals surface area contributed by atoms with Gasteiger partial charge < -0.3 is 15.0 Å². The Morgan fingerprint density at radius 1 is 1.23 bits per heavy atom. The Labute approximate surface area is 189 Å². The van der Waals surface area contributed by atoms with E-state index in [1.54, 1.807) is 17.4 Å². The van der Waals surface area contributed by atoms with Crippen LogP contribution in [-0.2, 0) is 14.8 Å². The minimum absolute atomic E-state index is 0.00435. The number of fused-ring (bicyclic) bond motifs is 3. The van der Waals surface area contributed by atoms with E-state index in [1.807, 2.05) is 23.1 Å². The van der Waals surface area contributed by atoms with Crippen molar-refractivity contribution in [3.63, 3.8) is 0 Å². The van der Waals surface area contributed by atoms with Gasteiger partial charge in [-0.2, -0.15) is 0 Å². The second-order valence-electron chi connectivity index (χ2n) is 7.49. The van der Waals surface area contributed by atoms with E-state index in [0.717, 1.165) is 23.7 Å².